The van der Waals surface area contributed by atoms with Crippen LogP contribution in [0.25, 0.3) is 0 Å². The third-order valence-electron chi connectivity index (χ3n) is 6.96. The number of benzene rings is 2. The van der Waals surface area contributed by atoms with Gasteiger partial charge in [0, 0.05) is 6.54 Å². The molecular formula is C27H26F9NO4. The lowest BCUT2D eigenvalue weighted by atomic mass is 9.71. The van der Waals surface area contributed by atoms with Gasteiger partial charge in [-0.1, -0.05) is 19.4 Å². The molecule has 226 valence electrons. The highest BCUT2D eigenvalue weighted by Gasteiger charge is 2.44. The fourth-order valence-electron chi connectivity index (χ4n) is 5.10. The van der Waals surface area contributed by atoms with Gasteiger partial charge in [0.15, 0.2) is 0 Å². The van der Waals surface area contributed by atoms with E-state index in [0.717, 1.165) is 30.2 Å². The van der Waals surface area contributed by atoms with Crippen LogP contribution in [0.5, 0.6) is 0 Å². The van der Waals surface area contributed by atoms with Crippen LogP contribution in [0.15, 0.2) is 36.4 Å². The number of alkyl halides is 9. The summed E-state index contributed by atoms with van der Waals surface area (Å²) in [5.74, 6) is -2.32. The summed E-state index contributed by atoms with van der Waals surface area (Å²) in [6.45, 7) is 2.35. The van der Waals surface area contributed by atoms with Crippen LogP contribution in [0.4, 0.5) is 44.3 Å². The molecule has 2 aromatic rings. The summed E-state index contributed by atoms with van der Waals surface area (Å²) < 4.78 is 132. The zero-order valence-corrected chi connectivity index (χ0v) is 22.0. The van der Waals surface area contributed by atoms with Crippen molar-refractivity contribution in [3.05, 3.63) is 69.8 Å². The third-order valence-corrected chi connectivity index (χ3v) is 6.96. The highest BCUT2D eigenvalue weighted by molar-refractivity contribution is 5.80. The molecule has 0 radical (unpaired) electrons. The Morgan fingerprint density at radius 3 is 1.85 bits per heavy atom. The molecule has 0 aromatic heterocycles. The Hall–Kier alpha value is -3.45. The Kier molecular flexibility index (Phi) is 9.23. The van der Waals surface area contributed by atoms with Crippen LogP contribution in [0.1, 0.15) is 72.0 Å². The first-order valence-electron chi connectivity index (χ1n) is 12.4. The Balaban J connectivity index is 2.23. The number of fused-ring (bicyclic) bond motifs is 1. The standard InChI is InChI=1S/C27H26F9NO4/c1-4-15-10-21(20-12-16(25(28,29)30)6-7-19(20)22(15)23(38)41-5-2)37(24(39)40-3)13-14-8-17(26(31,32)33)11-18(9-14)27(34,35)36/h6-9,11-12,15,21-22H,4-5,10,13H2,1-3H3/t15-,21+,22?/m1/s1. The number of carbonyl (C=O) groups excluding carboxylic acids is 2. The molecule has 0 heterocycles. The molecule has 3 rings (SSSR count). The Labute approximate surface area is 229 Å². The number of amides is 1. The summed E-state index contributed by atoms with van der Waals surface area (Å²) in [5, 5.41) is 0. The predicted octanol–water partition coefficient (Wildman–Crippen LogP) is 8.13. The second-order valence-corrected chi connectivity index (χ2v) is 9.50. The molecule has 0 saturated heterocycles. The van der Waals surface area contributed by atoms with Gasteiger partial charge >= 0.3 is 30.6 Å². The van der Waals surface area contributed by atoms with E-state index in [2.05, 4.69) is 0 Å². The molecule has 5 nitrogen and oxygen atoms in total. The first-order valence-corrected chi connectivity index (χ1v) is 12.4. The van der Waals surface area contributed by atoms with Crippen molar-refractivity contribution >= 4 is 12.1 Å². The average Bonchev–Trinajstić information content (AvgIpc) is 2.88. The lowest BCUT2D eigenvalue weighted by Crippen LogP contribution is -2.41. The molecule has 14 heteroatoms. The van der Waals surface area contributed by atoms with Gasteiger partial charge in [0.05, 0.1) is 42.4 Å². The number of halogens is 9. The zero-order chi connectivity index (χ0) is 30.9. The van der Waals surface area contributed by atoms with Crippen molar-refractivity contribution in [3.63, 3.8) is 0 Å². The van der Waals surface area contributed by atoms with Gasteiger partial charge in [-0.2, -0.15) is 39.5 Å². The van der Waals surface area contributed by atoms with Gasteiger partial charge in [-0.15, -0.1) is 0 Å². The van der Waals surface area contributed by atoms with E-state index in [1.807, 2.05) is 0 Å². The maximum atomic E-state index is 13.7. The second-order valence-electron chi connectivity index (χ2n) is 9.50. The molecule has 0 bridgehead atoms. The fraction of sp³-hybridized carbons (Fsp3) is 0.481. The minimum absolute atomic E-state index is 0.0173. The predicted molar refractivity (Wildman–Crippen MR) is 126 cm³/mol. The fourth-order valence-corrected chi connectivity index (χ4v) is 5.10. The summed E-state index contributed by atoms with van der Waals surface area (Å²) in [7, 11) is 0.914. The van der Waals surface area contributed by atoms with E-state index in [1.54, 1.807) is 13.8 Å². The van der Waals surface area contributed by atoms with Crippen LogP contribution in [0.3, 0.4) is 0 Å². The summed E-state index contributed by atoms with van der Waals surface area (Å²) in [4.78, 5) is 26.6. The van der Waals surface area contributed by atoms with E-state index >= 15 is 0 Å². The smallest absolute Gasteiger partial charge is 0.416 e. The van der Waals surface area contributed by atoms with Crippen molar-refractivity contribution in [3.8, 4) is 0 Å². The number of esters is 1. The number of ether oxygens (including phenoxy) is 2. The molecule has 0 fully saturated rings. The van der Waals surface area contributed by atoms with Crippen LogP contribution in [0.2, 0.25) is 0 Å². The van der Waals surface area contributed by atoms with E-state index in [0.29, 0.717) is 12.1 Å². The molecule has 0 N–H and O–H groups in total. The zero-order valence-electron chi connectivity index (χ0n) is 22.0. The average molecular weight is 599 g/mol. The van der Waals surface area contributed by atoms with Crippen molar-refractivity contribution in [2.75, 3.05) is 13.7 Å². The highest BCUT2D eigenvalue weighted by Crippen LogP contribution is 2.48. The Morgan fingerprint density at radius 1 is 0.829 bits per heavy atom. The number of rotatable bonds is 6. The van der Waals surface area contributed by atoms with Crippen molar-refractivity contribution in [1.82, 2.24) is 4.90 Å². The number of carbonyl (C=O) groups is 2. The molecule has 3 atom stereocenters. The molecule has 1 unspecified atom stereocenters. The topological polar surface area (TPSA) is 55.8 Å². The van der Waals surface area contributed by atoms with Gasteiger partial charge < -0.3 is 9.47 Å². The lowest BCUT2D eigenvalue weighted by Gasteiger charge is -2.41. The summed E-state index contributed by atoms with van der Waals surface area (Å²) in [5.41, 5.74) is -4.98. The molecule has 0 aliphatic heterocycles. The summed E-state index contributed by atoms with van der Waals surface area (Å²) in [6.07, 6.45) is -16.2. The van der Waals surface area contributed by atoms with E-state index < -0.39 is 77.3 Å². The van der Waals surface area contributed by atoms with Gasteiger partial charge in [0.25, 0.3) is 0 Å². The van der Waals surface area contributed by atoms with E-state index in [9.17, 15) is 49.1 Å². The third kappa shape index (κ3) is 7.07. The van der Waals surface area contributed by atoms with Crippen LogP contribution in [-0.4, -0.2) is 30.7 Å². The molecule has 1 aliphatic rings. The number of methoxy groups -OCH3 is 1. The normalized spacial score (nSPS) is 19.4. The van der Waals surface area contributed by atoms with Gasteiger partial charge in [0.2, 0.25) is 0 Å². The molecular weight excluding hydrogens is 573 g/mol. The largest absolute Gasteiger partial charge is 0.466 e. The van der Waals surface area contributed by atoms with Crippen molar-refractivity contribution < 1.29 is 58.6 Å². The minimum atomic E-state index is -5.16. The van der Waals surface area contributed by atoms with Crippen LogP contribution < -0.4 is 0 Å². The first-order chi connectivity index (χ1) is 18.9. The molecule has 41 heavy (non-hydrogen) atoms. The van der Waals surface area contributed by atoms with Gasteiger partial charge in [-0.25, -0.2) is 4.79 Å². The van der Waals surface area contributed by atoms with Gasteiger partial charge in [-0.05, 0) is 66.3 Å². The van der Waals surface area contributed by atoms with E-state index in [4.69, 9.17) is 9.47 Å². The monoisotopic (exact) mass is 599 g/mol. The number of nitrogens with zero attached hydrogens (tertiary/aromatic N) is 1. The quantitative estimate of drug-likeness (QED) is 0.249. The first kappa shape index (κ1) is 32.1. The molecule has 1 amide bonds. The maximum Gasteiger partial charge on any atom is 0.416 e. The highest BCUT2D eigenvalue weighted by atomic mass is 19.4. The Bertz CT molecular complexity index is 1240. The SMILES string of the molecule is CCOC(=O)C1c2ccc(C(F)(F)F)cc2[C@@H](N(Cc2cc(C(F)(F)F)cc(C(F)(F)F)c2)C(=O)OC)C[C@H]1CC. The van der Waals surface area contributed by atoms with Gasteiger partial charge in [-0.3, -0.25) is 9.69 Å². The van der Waals surface area contributed by atoms with E-state index in [1.165, 1.54) is 0 Å². The molecule has 1 aliphatic carbocycles. The van der Waals surface area contributed by atoms with Crippen molar-refractivity contribution in [2.45, 2.75) is 63.7 Å². The summed E-state index contributed by atoms with van der Waals surface area (Å²) in [6, 6.07) is 2.05. The number of hydrogen-bond donors (Lipinski definition) is 0. The summed E-state index contributed by atoms with van der Waals surface area (Å²) >= 11 is 0. The molecule has 0 saturated carbocycles. The van der Waals surface area contributed by atoms with Gasteiger partial charge in [0.1, 0.15) is 0 Å². The number of hydrogen-bond acceptors (Lipinski definition) is 4. The van der Waals surface area contributed by atoms with Crippen LogP contribution >= 0.6 is 0 Å². The minimum Gasteiger partial charge on any atom is -0.466 e. The van der Waals surface area contributed by atoms with Crippen LogP contribution in [0, 0.1) is 5.92 Å². The molecule has 0 spiro atoms. The van der Waals surface area contributed by atoms with Crippen LogP contribution in [-0.2, 0) is 39.3 Å². The second kappa shape index (κ2) is 11.8. The van der Waals surface area contributed by atoms with Crippen molar-refractivity contribution in [1.29, 1.82) is 0 Å². The lowest BCUT2D eigenvalue weighted by molar-refractivity contribution is -0.147. The maximum absolute atomic E-state index is 13.7. The molecule has 2 aromatic carbocycles. The Morgan fingerprint density at radius 2 is 1.39 bits per heavy atom. The van der Waals surface area contributed by atoms with E-state index in [-0.39, 0.29) is 36.6 Å². The van der Waals surface area contributed by atoms with Crippen molar-refractivity contribution in [2.24, 2.45) is 5.92 Å².